The van der Waals surface area contributed by atoms with Gasteiger partial charge in [0.25, 0.3) is 10.9 Å². The van der Waals surface area contributed by atoms with Gasteiger partial charge in [0.05, 0.1) is 16.4 Å². The molecular formula is C15H10ClN5O4S. The SMILES string of the molecule is O=C(CSc1nnc(-c2cccc([N+](=O)[O-])c2)o1)Nc1cccnc1Cl. The molecule has 132 valence electrons. The highest BCUT2D eigenvalue weighted by molar-refractivity contribution is 7.99. The van der Waals surface area contributed by atoms with E-state index in [1.54, 1.807) is 18.2 Å². The van der Waals surface area contributed by atoms with Gasteiger partial charge in [0, 0.05) is 23.9 Å². The lowest BCUT2D eigenvalue weighted by Gasteiger charge is -2.04. The van der Waals surface area contributed by atoms with E-state index in [0.29, 0.717) is 11.3 Å². The van der Waals surface area contributed by atoms with E-state index in [1.165, 1.54) is 24.4 Å². The Morgan fingerprint density at radius 1 is 1.31 bits per heavy atom. The van der Waals surface area contributed by atoms with Crippen LogP contribution in [0.4, 0.5) is 11.4 Å². The van der Waals surface area contributed by atoms with Gasteiger partial charge >= 0.3 is 0 Å². The lowest BCUT2D eigenvalue weighted by atomic mass is 10.2. The number of nitrogens with zero attached hydrogens (tertiary/aromatic N) is 4. The number of benzene rings is 1. The summed E-state index contributed by atoms with van der Waals surface area (Å²) in [5, 5.41) is 21.5. The van der Waals surface area contributed by atoms with E-state index in [9.17, 15) is 14.9 Å². The van der Waals surface area contributed by atoms with E-state index >= 15 is 0 Å². The Bertz CT molecular complexity index is 964. The number of nitro groups is 1. The largest absolute Gasteiger partial charge is 0.411 e. The van der Waals surface area contributed by atoms with Crippen molar-refractivity contribution < 1.29 is 14.1 Å². The first-order valence-electron chi connectivity index (χ1n) is 7.14. The van der Waals surface area contributed by atoms with Crippen molar-refractivity contribution in [3.05, 3.63) is 57.9 Å². The van der Waals surface area contributed by atoms with Crippen LogP contribution in [-0.4, -0.2) is 31.8 Å². The molecule has 26 heavy (non-hydrogen) atoms. The van der Waals surface area contributed by atoms with Gasteiger partial charge in [-0.25, -0.2) is 4.98 Å². The molecule has 2 aromatic heterocycles. The first kappa shape index (κ1) is 17.8. The Kier molecular flexibility index (Phi) is 5.44. The number of hydrogen-bond donors (Lipinski definition) is 1. The molecule has 0 aliphatic rings. The third kappa shape index (κ3) is 4.35. The molecule has 1 amide bonds. The number of carbonyl (C=O) groups is 1. The summed E-state index contributed by atoms with van der Waals surface area (Å²) < 4.78 is 5.43. The van der Waals surface area contributed by atoms with Gasteiger partial charge in [-0.1, -0.05) is 29.4 Å². The molecule has 1 N–H and O–H groups in total. The van der Waals surface area contributed by atoms with Crippen LogP contribution in [-0.2, 0) is 4.79 Å². The van der Waals surface area contributed by atoms with Crippen molar-refractivity contribution in [1.29, 1.82) is 0 Å². The van der Waals surface area contributed by atoms with Crippen LogP contribution in [0.1, 0.15) is 0 Å². The van der Waals surface area contributed by atoms with Crippen LogP contribution < -0.4 is 5.32 Å². The molecule has 0 aliphatic carbocycles. The van der Waals surface area contributed by atoms with Crippen molar-refractivity contribution in [2.75, 3.05) is 11.1 Å². The molecule has 0 fully saturated rings. The second kappa shape index (κ2) is 7.93. The smallest absolute Gasteiger partial charge is 0.277 e. The van der Waals surface area contributed by atoms with E-state index in [1.807, 2.05) is 0 Å². The molecular weight excluding hydrogens is 382 g/mol. The number of amides is 1. The predicted octanol–water partition coefficient (Wildman–Crippen LogP) is 3.42. The third-order valence-electron chi connectivity index (χ3n) is 3.07. The van der Waals surface area contributed by atoms with Crippen molar-refractivity contribution >= 4 is 40.6 Å². The number of halogens is 1. The van der Waals surface area contributed by atoms with E-state index in [-0.39, 0.29) is 33.6 Å². The van der Waals surface area contributed by atoms with Crippen LogP contribution in [0.2, 0.25) is 5.15 Å². The summed E-state index contributed by atoms with van der Waals surface area (Å²) in [7, 11) is 0. The number of nitro benzene ring substituents is 1. The van der Waals surface area contributed by atoms with Gasteiger partial charge in [-0.15, -0.1) is 10.2 Å². The lowest BCUT2D eigenvalue weighted by Crippen LogP contribution is -2.14. The van der Waals surface area contributed by atoms with Crippen molar-refractivity contribution in [3.8, 4) is 11.5 Å². The second-order valence-corrected chi connectivity index (χ2v) is 6.14. The Hall–Kier alpha value is -2.98. The number of anilines is 1. The minimum Gasteiger partial charge on any atom is -0.411 e. The highest BCUT2D eigenvalue weighted by Crippen LogP contribution is 2.26. The minimum absolute atomic E-state index is 0.0157. The van der Waals surface area contributed by atoms with E-state index < -0.39 is 4.92 Å². The molecule has 3 aromatic rings. The lowest BCUT2D eigenvalue weighted by molar-refractivity contribution is -0.384. The predicted molar refractivity (Wildman–Crippen MR) is 95.0 cm³/mol. The summed E-state index contributed by atoms with van der Waals surface area (Å²) in [6.45, 7) is 0. The molecule has 0 spiro atoms. The molecule has 0 atom stereocenters. The first-order chi connectivity index (χ1) is 12.5. The quantitative estimate of drug-likeness (QED) is 0.293. The van der Waals surface area contributed by atoms with E-state index in [2.05, 4.69) is 20.5 Å². The van der Waals surface area contributed by atoms with Crippen LogP contribution in [0, 0.1) is 10.1 Å². The summed E-state index contributed by atoms with van der Waals surface area (Å²) >= 11 is 6.90. The first-order valence-corrected chi connectivity index (χ1v) is 8.51. The number of aromatic nitrogens is 3. The second-order valence-electron chi connectivity index (χ2n) is 4.86. The van der Waals surface area contributed by atoms with Crippen molar-refractivity contribution in [2.24, 2.45) is 0 Å². The molecule has 2 heterocycles. The summed E-state index contributed by atoms with van der Waals surface area (Å²) in [6.07, 6.45) is 1.51. The Labute approximate surface area is 155 Å². The average molecular weight is 392 g/mol. The Morgan fingerprint density at radius 2 is 2.15 bits per heavy atom. The van der Waals surface area contributed by atoms with Crippen molar-refractivity contribution in [1.82, 2.24) is 15.2 Å². The summed E-state index contributed by atoms with van der Waals surface area (Å²) in [5.74, 6) is -0.172. The zero-order valence-electron chi connectivity index (χ0n) is 13.0. The molecule has 11 heteroatoms. The number of pyridine rings is 1. The summed E-state index contributed by atoms with van der Waals surface area (Å²) in [4.78, 5) is 26.1. The molecule has 0 saturated carbocycles. The van der Waals surface area contributed by atoms with Crippen LogP contribution in [0.3, 0.4) is 0 Å². The monoisotopic (exact) mass is 391 g/mol. The fourth-order valence-electron chi connectivity index (χ4n) is 1.93. The maximum absolute atomic E-state index is 12.0. The number of rotatable bonds is 6. The van der Waals surface area contributed by atoms with Gasteiger partial charge < -0.3 is 9.73 Å². The number of non-ortho nitro benzene ring substituents is 1. The number of carbonyl (C=O) groups excluding carboxylic acids is 1. The van der Waals surface area contributed by atoms with Gasteiger partial charge in [-0.3, -0.25) is 14.9 Å². The molecule has 0 saturated heterocycles. The van der Waals surface area contributed by atoms with Crippen LogP contribution in [0.5, 0.6) is 0 Å². The van der Waals surface area contributed by atoms with Crippen LogP contribution >= 0.6 is 23.4 Å². The van der Waals surface area contributed by atoms with Gasteiger partial charge in [0.1, 0.15) is 0 Å². The van der Waals surface area contributed by atoms with Gasteiger partial charge in [-0.2, -0.15) is 0 Å². The number of nitrogens with one attached hydrogen (secondary N) is 1. The Morgan fingerprint density at radius 3 is 2.92 bits per heavy atom. The topological polar surface area (TPSA) is 124 Å². The van der Waals surface area contributed by atoms with Gasteiger partial charge in [-0.05, 0) is 18.2 Å². The van der Waals surface area contributed by atoms with E-state index in [0.717, 1.165) is 11.8 Å². The zero-order valence-corrected chi connectivity index (χ0v) is 14.5. The zero-order chi connectivity index (χ0) is 18.5. The van der Waals surface area contributed by atoms with Crippen LogP contribution in [0.25, 0.3) is 11.5 Å². The molecule has 0 aliphatic heterocycles. The summed E-state index contributed by atoms with van der Waals surface area (Å²) in [5.41, 5.74) is 0.746. The highest BCUT2D eigenvalue weighted by atomic mass is 35.5. The van der Waals surface area contributed by atoms with Gasteiger partial charge in [0.2, 0.25) is 11.8 Å². The highest BCUT2D eigenvalue weighted by Gasteiger charge is 2.14. The molecule has 3 rings (SSSR count). The standard InChI is InChI=1S/C15H10ClN5O4S/c16-13-11(5-2-6-17-13)18-12(22)8-26-15-20-19-14(25-15)9-3-1-4-10(7-9)21(23)24/h1-7H,8H2,(H,18,22). The van der Waals surface area contributed by atoms with E-state index in [4.69, 9.17) is 16.0 Å². The normalized spacial score (nSPS) is 10.5. The van der Waals surface area contributed by atoms with Crippen molar-refractivity contribution in [3.63, 3.8) is 0 Å². The fourth-order valence-corrected chi connectivity index (χ4v) is 2.66. The number of thioether (sulfide) groups is 1. The fraction of sp³-hybridized carbons (Fsp3) is 0.0667. The summed E-state index contributed by atoms with van der Waals surface area (Å²) in [6, 6.07) is 9.12. The van der Waals surface area contributed by atoms with Crippen LogP contribution in [0.15, 0.2) is 52.2 Å². The average Bonchev–Trinajstić information content (AvgIpc) is 3.11. The minimum atomic E-state index is -0.510. The molecule has 9 nitrogen and oxygen atoms in total. The van der Waals surface area contributed by atoms with Gasteiger partial charge in [0.15, 0.2) is 5.15 Å². The number of hydrogen-bond acceptors (Lipinski definition) is 8. The maximum atomic E-state index is 12.0. The third-order valence-corrected chi connectivity index (χ3v) is 4.19. The molecule has 0 bridgehead atoms. The molecule has 0 radical (unpaired) electrons. The molecule has 0 unspecified atom stereocenters. The Balaban J connectivity index is 1.62. The van der Waals surface area contributed by atoms with Crippen molar-refractivity contribution in [2.45, 2.75) is 5.22 Å². The molecule has 1 aromatic carbocycles. The maximum Gasteiger partial charge on any atom is 0.277 e.